The smallest absolute Gasteiger partial charge is 0.123 e. The van der Waals surface area contributed by atoms with Crippen LogP contribution in [0.1, 0.15) is 30.9 Å². The first-order valence-corrected chi connectivity index (χ1v) is 11.4. The highest BCUT2D eigenvalue weighted by Crippen LogP contribution is 2.34. The molecule has 4 rings (SSSR count). The Labute approximate surface area is 189 Å². The van der Waals surface area contributed by atoms with Crippen molar-refractivity contribution in [2.75, 3.05) is 31.6 Å². The molecule has 1 atom stereocenters. The van der Waals surface area contributed by atoms with Gasteiger partial charge in [-0.15, -0.1) is 0 Å². The second-order valence-electron chi connectivity index (χ2n) is 8.37. The van der Waals surface area contributed by atoms with Crippen LogP contribution in [0.25, 0.3) is 0 Å². The van der Waals surface area contributed by atoms with Gasteiger partial charge in [0, 0.05) is 12.2 Å². The van der Waals surface area contributed by atoms with E-state index in [4.69, 9.17) is 4.74 Å². The zero-order valence-electron chi connectivity index (χ0n) is 18.2. The SMILES string of the molecule is Fc1ccc(NC(c2ccc(F)cc2)C2CCN(CCCOc3ccccc3)CC2)cc1. The number of para-hydroxylation sites is 1. The molecule has 168 valence electrons. The van der Waals surface area contributed by atoms with Crippen molar-refractivity contribution in [3.05, 3.63) is 96.1 Å². The number of hydrogen-bond acceptors (Lipinski definition) is 3. The molecular formula is C27H30F2N2O. The lowest BCUT2D eigenvalue weighted by atomic mass is 9.85. The van der Waals surface area contributed by atoms with Gasteiger partial charge >= 0.3 is 0 Å². The molecule has 3 aromatic rings. The van der Waals surface area contributed by atoms with E-state index < -0.39 is 0 Å². The Morgan fingerprint density at radius 2 is 1.47 bits per heavy atom. The summed E-state index contributed by atoms with van der Waals surface area (Å²) >= 11 is 0. The van der Waals surface area contributed by atoms with Crippen molar-refractivity contribution in [1.29, 1.82) is 0 Å². The number of anilines is 1. The molecule has 32 heavy (non-hydrogen) atoms. The molecule has 1 saturated heterocycles. The molecule has 0 spiro atoms. The fraction of sp³-hybridized carbons (Fsp3) is 0.333. The van der Waals surface area contributed by atoms with Crippen molar-refractivity contribution in [1.82, 2.24) is 4.90 Å². The molecule has 1 aliphatic rings. The molecule has 0 saturated carbocycles. The first-order valence-electron chi connectivity index (χ1n) is 11.4. The van der Waals surface area contributed by atoms with E-state index in [2.05, 4.69) is 10.2 Å². The normalized spacial score (nSPS) is 15.9. The summed E-state index contributed by atoms with van der Waals surface area (Å²) in [6.07, 6.45) is 3.10. The first-order chi connectivity index (χ1) is 15.7. The minimum atomic E-state index is -0.251. The van der Waals surface area contributed by atoms with E-state index in [0.717, 1.165) is 55.9 Å². The molecule has 0 aromatic heterocycles. The highest BCUT2D eigenvalue weighted by molar-refractivity contribution is 5.46. The largest absolute Gasteiger partial charge is 0.494 e. The maximum Gasteiger partial charge on any atom is 0.123 e. The van der Waals surface area contributed by atoms with E-state index in [0.29, 0.717) is 12.5 Å². The van der Waals surface area contributed by atoms with Gasteiger partial charge in [0.15, 0.2) is 0 Å². The lowest BCUT2D eigenvalue weighted by Gasteiger charge is -2.37. The number of hydrogen-bond donors (Lipinski definition) is 1. The second-order valence-corrected chi connectivity index (χ2v) is 8.37. The molecule has 0 amide bonds. The molecule has 1 fully saturated rings. The lowest BCUT2D eigenvalue weighted by Crippen LogP contribution is -2.38. The van der Waals surface area contributed by atoms with Crippen LogP contribution in [0.4, 0.5) is 14.5 Å². The maximum absolute atomic E-state index is 13.5. The van der Waals surface area contributed by atoms with Crippen LogP contribution in [0.3, 0.4) is 0 Å². The van der Waals surface area contributed by atoms with Crippen LogP contribution in [0.2, 0.25) is 0 Å². The van der Waals surface area contributed by atoms with Crippen LogP contribution in [0, 0.1) is 17.6 Å². The van der Waals surface area contributed by atoms with Gasteiger partial charge < -0.3 is 15.0 Å². The number of likely N-dealkylation sites (tertiary alicyclic amines) is 1. The summed E-state index contributed by atoms with van der Waals surface area (Å²) < 4.78 is 32.6. The molecule has 1 aliphatic heterocycles. The number of ether oxygens (including phenoxy) is 1. The summed E-state index contributed by atoms with van der Waals surface area (Å²) in [5, 5.41) is 3.57. The quantitative estimate of drug-likeness (QED) is 0.399. The standard InChI is InChI=1S/C27H30F2N2O/c28-23-9-7-21(8-10-23)27(30-25-13-11-24(29)12-14-25)22-15-18-31(19-16-22)17-4-20-32-26-5-2-1-3-6-26/h1-3,5-14,22,27,30H,4,15-20H2. The third kappa shape index (κ3) is 6.30. The average molecular weight is 437 g/mol. The fourth-order valence-corrected chi connectivity index (χ4v) is 4.37. The van der Waals surface area contributed by atoms with Crippen molar-refractivity contribution >= 4 is 5.69 Å². The predicted octanol–water partition coefficient (Wildman–Crippen LogP) is 6.30. The Morgan fingerprint density at radius 3 is 2.12 bits per heavy atom. The number of benzene rings is 3. The average Bonchev–Trinajstić information content (AvgIpc) is 2.83. The van der Waals surface area contributed by atoms with E-state index >= 15 is 0 Å². The van der Waals surface area contributed by atoms with Gasteiger partial charge in [-0.3, -0.25) is 0 Å². The molecule has 3 aromatic carbocycles. The van der Waals surface area contributed by atoms with Crippen molar-refractivity contribution < 1.29 is 13.5 Å². The zero-order chi connectivity index (χ0) is 22.2. The fourth-order valence-electron chi connectivity index (χ4n) is 4.37. The van der Waals surface area contributed by atoms with Crippen molar-refractivity contribution in [2.24, 2.45) is 5.92 Å². The van der Waals surface area contributed by atoms with E-state index in [9.17, 15) is 8.78 Å². The topological polar surface area (TPSA) is 24.5 Å². The van der Waals surface area contributed by atoms with Gasteiger partial charge in [-0.25, -0.2) is 8.78 Å². The van der Waals surface area contributed by atoms with Crippen molar-refractivity contribution in [2.45, 2.75) is 25.3 Å². The number of nitrogens with zero attached hydrogens (tertiary/aromatic N) is 1. The van der Waals surface area contributed by atoms with Gasteiger partial charge in [-0.05, 0) is 92.4 Å². The van der Waals surface area contributed by atoms with Crippen LogP contribution in [-0.2, 0) is 0 Å². The Kier molecular flexibility index (Phi) is 7.73. The van der Waals surface area contributed by atoms with Gasteiger partial charge in [-0.1, -0.05) is 30.3 Å². The summed E-state index contributed by atoms with van der Waals surface area (Å²) in [4.78, 5) is 2.49. The van der Waals surface area contributed by atoms with E-state index in [1.165, 1.54) is 24.3 Å². The number of halogens is 2. The second kappa shape index (κ2) is 11.1. The molecule has 0 aliphatic carbocycles. The number of rotatable bonds is 9. The Balaban J connectivity index is 1.31. The van der Waals surface area contributed by atoms with Gasteiger partial charge in [-0.2, -0.15) is 0 Å². The lowest BCUT2D eigenvalue weighted by molar-refractivity contribution is 0.161. The predicted molar refractivity (Wildman–Crippen MR) is 125 cm³/mol. The monoisotopic (exact) mass is 436 g/mol. The highest BCUT2D eigenvalue weighted by atomic mass is 19.1. The molecule has 1 heterocycles. The Morgan fingerprint density at radius 1 is 0.844 bits per heavy atom. The summed E-state index contributed by atoms with van der Waals surface area (Å²) in [5.74, 6) is 0.850. The van der Waals surface area contributed by atoms with Gasteiger partial charge in [0.2, 0.25) is 0 Å². The summed E-state index contributed by atoms with van der Waals surface area (Å²) in [6.45, 7) is 3.79. The molecule has 1 unspecified atom stereocenters. The van der Waals surface area contributed by atoms with Crippen molar-refractivity contribution in [3.63, 3.8) is 0 Å². The van der Waals surface area contributed by atoms with E-state index in [1.54, 1.807) is 12.1 Å². The molecule has 0 radical (unpaired) electrons. The van der Waals surface area contributed by atoms with Gasteiger partial charge in [0.25, 0.3) is 0 Å². The van der Waals surface area contributed by atoms with Crippen LogP contribution < -0.4 is 10.1 Å². The summed E-state index contributed by atoms with van der Waals surface area (Å²) in [5.41, 5.74) is 1.94. The Hall–Kier alpha value is -2.92. The third-order valence-electron chi connectivity index (χ3n) is 6.13. The zero-order valence-corrected chi connectivity index (χ0v) is 18.2. The van der Waals surface area contributed by atoms with Gasteiger partial charge in [0.1, 0.15) is 17.4 Å². The summed E-state index contributed by atoms with van der Waals surface area (Å²) in [6, 6.07) is 23.1. The molecule has 0 bridgehead atoms. The maximum atomic E-state index is 13.5. The minimum Gasteiger partial charge on any atom is -0.494 e. The minimum absolute atomic E-state index is 0.0598. The first kappa shape index (κ1) is 22.3. The Bertz CT molecular complexity index is 940. The van der Waals surface area contributed by atoms with Crippen molar-refractivity contribution in [3.8, 4) is 5.75 Å². The molecule has 3 nitrogen and oxygen atoms in total. The third-order valence-corrected chi connectivity index (χ3v) is 6.13. The van der Waals surface area contributed by atoms with E-state index in [-0.39, 0.29) is 17.7 Å². The summed E-state index contributed by atoms with van der Waals surface area (Å²) in [7, 11) is 0. The van der Waals surface area contributed by atoms with Crippen LogP contribution in [0.5, 0.6) is 5.75 Å². The number of piperidine rings is 1. The van der Waals surface area contributed by atoms with Crippen LogP contribution in [0.15, 0.2) is 78.9 Å². The molecular weight excluding hydrogens is 406 g/mol. The van der Waals surface area contributed by atoms with Crippen LogP contribution in [-0.4, -0.2) is 31.1 Å². The van der Waals surface area contributed by atoms with Gasteiger partial charge in [0.05, 0.1) is 12.6 Å². The highest BCUT2D eigenvalue weighted by Gasteiger charge is 2.27. The van der Waals surface area contributed by atoms with Crippen LogP contribution >= 0.6 is 0 Å². The molecule has 5 heteroatoms. The number of nitrogens with one attached hydrogen (secondary N) is 1. The molecule has 1 N–H and O–H groups in total. The van der Waals surface area contributed by atoms with E-state index in [1.807, 2.05) is 42.5 Å².